The van der Waals surface area contributed by atoms with Gasteiger partial charge < -0.3 is 19.9 Å². The van der Waals surface area contributed by atoms with Crippen molar-refractivity contribution in [3.63, 3.8) is 0 Å². The third-order valence-corrected chi connectivity index (χ3v) is 22.4. The van der Waals surface area contributed by atoms with E-state index in [2.05, 4.69) is 19.9 Å². The standard InChI is InChI=1S/2C21H16N2O2S2.C20H14N2O2S2.C19H12N2O2S2.CH4/c1-12-3-6-14(7-4-12)23-20(25)19(27-21(23)26)10-18(24)16-11-22-17-8-5-13(2)9-15(16)17;1-12-7-8-14(9-13(12)2)23-20(25)19(27-21(23)26)10-18(24)16-11-22-17-6-4-3-5-15(16)17;1-12-6-8-13(9-7-12)22-19(24)18(26-20(22)25)10-17(23)15-11-21-16-5-3-2-4-14(15)16;22-16(14-11-20-15-9-5-4-8-13(14)15)10-17-18(23)21(19(24)25-17)12-6-2-1-3-7-12;/h2*3-11,22H,1-2H3;2-11,21H,1H3;1-11,20H;1H4/b2*19-10-;18-10-;17-10-;. The molecule has 0 radical (unpaired) electrons. The van der Waals surface area contributed by atoms with Gasteiger partial charge in [0.05, 0.1) is 42.4 Å². The molecule has 4 aliphatic heterocycles. The van der Waals surface area contributed by atoms with E-state index in [9.17, 15) is 38.4 Å². The van der Waals surface area contributed by atoms with Crippen molar-refractivity contribution in [2.24, 2.45) is 0 Å². The summed E-state index contributed by atoms with van der Waals surface area (Å²) in [4.78, 5) is 122. The molecule has 16 nitrogen and oxygen atoms in total. The SMILES string of the molecule is C.Cc1ccc(N2C(=O)/C(=C/C(=O)c3c[nH]c4ccc(C)cc34)SC2=S)cc1.Cc1ccc(N2C(=O)/C(=C/C(=O)c3c[nH]c4ccccc34)SC2=S)cc1.Cc1ccc(N2C(=O)/C(=C/C(=O)c3c[nH]c4ccccc34)SC2=S)cc1C.O=C(/C=C1\SC(=S)N(c2ccccc2)C1=O)c1c[nH]c2ccccc12. The number of H-pyrrole nitrogens is 4. The van der Waals surface area contributed by atoms with Gasteiger partial charge in [-0.2, -0.15) is 0 Å². The molecular weight excluding hydrogens is 1480 g/mol. The Labute approximate surface area is 647 Å². The molecule has 4 aromatic heterocycles. The molecule has 106 heavy (non-hydrogen) atoms. The Morgan fingerprint density at radius 2 is 0.594 bits per heavy atom. The maximum atomic E-state index is 12.9. The molecule has 4 fully saturated rings. The van der Waals surface area contributed by atoms with Gasteiger partial charge in [0.2, 0.25) is 0 Å². The number of thiocarbonyl (C=S) groups is 4. The number of fused-ring (bicyclic) bond motifs is 4. The second kappa shape index (κ2) is 32.3. The number of aromatic amines is 4. The topological polar surface area (TPSA) is 213 Å². The molecule has 12 aromatic rings. The Kier molecular flexibility index (Phi) is 22.8. The van der Waals surface area contributed by atoms with Crippen LogP contribution in [0.1, 0.15) is 76.7 Å². The van der Waals surface area contributed by atoms with E-state index < -0.39 is 0 Å². The Hall–Kier alpha value is -10.8. The van der Waals surface area contributed by atoms with E-state index in [0.717, 1.165) is 124 Å². The van der Waals surface area contributed by atoms with Crippen LogP contribution in [0.25, 0.3) is 43.6 Å². The number of carbonyl (C=O) groups excluding carboxylic acids is 8. The van der Waals surface area contributed by atoms with Crippen LogP contribution < -0.4 is 19.6 Å². The third-order valence-electron chi connectivity index (χ3n) is 17.2. The van der Waals surface area contributed by atoms with E-state index in [4.69, 9.17) is 48.9 Å². The zero-order chi connectivity index (χ0) is 73.9. The summed E-state index contributed by atoms with van der Waals surface area (Å²) in [5, 5.41) is 3.36. The number of amides is 4. The lowest BCUT2D eigenvalue weighted by Gasteiger charge is -2.15. The summed E-state index contributed by atoms with van der Waals surface area (Å²) < 4.78 is 1.71. The van der Waals surface area contributed by atoms with Gasteiger partial charge in [0.25, 0.3) is 23.6 Å². The molecule has 0 atom stereocenters. The number of para-hydroxylation sites is 4. The molecule has 0 spiro atoms. The number of aryl methyl sites for hydroxylation is 5. The monoisotopic (exact) mass is 1540 g/mol. The second-order valence-corrected chi connectivity index (χ2v) is 31.0. The molecule has 16 rings (SSSR count). The minimum absolute atomic E-state index is 0. The van der Waals surface area contributed by atoms with Gasteiger partial charge in [-0.1, -0.05) is 229 Å². The molecule has 0 saturated carbocycles. The predicted molar refractivity (Wildman–Crippen MR) is 450 cm³/mol. The highest BCUT2D eigenvalue weighted by molar-refractivity contribution is 8.28. The van der Waals surface area contributed by atoms with Gasteiger partial charge in [-0.25, -0.2) is 0 Å². The first-order chi connectivity index (χ1) is 50.6. The fraction of sp³-hybridized carbons (Fsp3) is 0.0732. The van der Waals surface area contributed by atoms with Crippen LogP contribution >= 0.6 is 95.9 Å². The van der Waals surface area contributed by atoms with Gasteiger partial charge >= 0.3 is 0 Å². The highest BCUT2D eigenvalue weighted by atomic mass is 32.2. The fourth-order valence-corrected chi connectivity index (χ4v) is 16.7. The molecule has 0 bridgehead atoms. The van der Waals surface area contributed by atoms with Crippen molar-refractivity contribution < 1.29 is 38.4 Å². The number of ketones is 4. The number of hydrogen-bond acceptors (Lipinski definition) is 16. The second-order valence-electron chi connectivity index (χ2n) is 24.3. The lowest BCUT2D eigenvalue weighted by Crippen LogP contribution is -2.27. The van der Waals surface area contributed by atoms with Crippen LogP contribution in [0.2, 0.25) is 0 Å². The zero-order valence-corrected chi connectivity index (χ0v) is 62.9. The minimum Gasteiger partial charge on any atom is -0.360 e. The molecule has 0 aliphatic carbocycles. The molecule has 8 aromatic carbocycles. The average Bonchev–Trinajstić information content (AvgIpc) is 1.66. The molecule has 0 unspecified atom stereocenters. The van der Waals surface area contributed by atoms with Gasteiger partial charge in [0.1, 0.15) is 0 Å². The summed E-state index contributed by atoms with van der Waals surface area (Å²) in [6.45, 7) is 9.95. The lowest BCUT2D eigenvalue weighted by atomic mass is 10.1. The number of rotatable bonds is 12. The third kappa shape index (κ3) is 15.8. The number of nitrogens with one attached hydrogen (secondary N) is 4. The van der Waals surface area contributed by atoms with E-state index in [-0.39, 0.29) is 54.2 Å². The Bertz CT molecular complexity index is 5810. The van der Waals surface area contributed by atoms with Crippen molar-refractivity contribution in [2.45, 2.75) is 42.0 Å². The summed E-state index contributed by atoms with van der Waals surface area (Å²) in [6, 6.07) is 58.7. The van der Waals surface area contributed by atoms with Crippen molar-refractivity contribution >= 4 is 226 Å². The normalized spacial score (nSPS) is 15.9. The van der Waals surface area contributed by atoms with Gasteiger partial charge in [-0.3, -0.25) is 58.0 Å². The summed E-state index contributed by atoms with van der Waals surface area (Å²) in [7, 11) is 0. The van der Waals surface area contributed by atoms with Crippen LogP contribution in [0.3, 0.4) is 0 Å². The highest BCUT2D eigenvalue weighted by Crippen LogP contribution is 2.40. The average molecular weight is 1540 g/mol. The highest BCUT2D eigenvalue weighted by Gasteiger charge is 2.38. The Morgan fingerprint density at radius 1 is 0.311 bits per heavy atom. The molecule has 4 aliphatic rings. The molecule has 24 heteroatoms. The van der Waals surface area contributed by atoms with Gasteiger partial charge in [0.15, 0.2) is 40.4 Å². The molecule has 526 valence electrons. The summed E-state index contributed by atoms with van der Waals surface area (Å²) >= 11 is 26.0. The Balaban J connectivity index is 0.000000132. The Morgan fingerprint density at radius 3 is 0.943 bits per heavy atom. The number of hydrogen-bond donors (Lipinski definition) is 4. The molecular formula is C82H62N8O8S8. The van der Waals surface area contributed by atoms with E-state index in [1.165, 1.54) is 43.9 Å². The van der Waals surface area contributed by atoms with Crippen molar-refractivity contribution in [3.05, 3.63) is 307 Å². The predicted octanol–water partition coefficient (Wildman–Crippen LogP) is 19.4. The number of carbonyl (C=O) groups is 8. The maximum absolute atomic E-state index is 12.9. The fourth-order valence-electron chi connectivity index (χ4n) is 11.6. The summed E-state index contributed by atoms with van der Waals surface area (Å²) in [6.07, 6.45) is 12.2. The van der Waals surface area contributed by atoms with Crippen molar-refractivity contribution in [1.29, 1.82) is 0 Å². The zero-order valence-electron chi connectivity index (χ0n) is 56.3. The number of anilines is 4. The van der Waals surface area contributed by atoms with Gasteiger partial charge in [-0.05, 0) is 125 Å². The van der Waals surface area contributed by atoms with Crippen LogP contribution in [-0.2, 0) is 19.2 Å². The molecule has 4 amide bonds. The first-order valence-electron chi connectivity index (χ1n) is 32.4. The van der Waals surface area contributed by atoms with Crippen LogP contribution in [0.5, 0.6) is 0 Å². The molecule has 4 saturated heterocycles. The minimum atomic E-state index is -0.269. The van der Waals surface area contributed by atoms with E-state index >= 15 is 0 Å². The molecule has 8 heterocycles. The van der Waals surface area contributed by atoms with Crippen LogP contribution in [0, 0.1) is 34.6 Å². The van der Waals surface area contributed by atoms with Crippen molar-refractivity contribution in [3.8, 4) is 0 Å². The van der Waals surface area contributed by atoms with E-state index in [1.807, 2.05) is 223 Å². The van der Waals surface area contributed by atoms with Crippen molar-refractivity contribution in [2.75, 3.05) is 19.6 Å². The smallest absolute Gasteiger partial charge is 0.270 e. The largest absolute Gasteiger partial charge is 0.360 e. The van der Waals surface area contributed by atoms with E-state index in [0.29, 0.717) is 76.2 Å². The first-order valence-corrected chi connectivity index (χ1v) is 37.3. The van der Waals surface area contributed by atoms with E-state index in [1.54, 1.807) is 24.8 Å². The number of nitrogens with zero attached hydrogens (tertiary/aromatic N) is 4. The first kappa shape index (κ1) is 74.9. The van der Waals surface area contributed by atoms with Crippen LogP contribution in [-0.4, -0.2) is 84.0 Å². The number of allylic oxidation sites excluding steroid dienone is 4. The summed E-state index contributed by atoms with van der Waals surface area (Å²) in [5.41, 5.74) is 14.1. The van der Waals surface area contributed by atoms with Crippen LogP contribution in [0.15, 0.2) is 257 Å². The van der Waals surface area contributed by atoms with Gasteiger partial charge in [-0.15, -0.1) is 0 Å². The summed E-state index contributed by atoms with van der Waals surface area (Å²) in [5.74, 6) is -1.92. The lowest BCUT2D eigenvalue weighted by molar-refractivity contribution is -0.114. The number of aromatic nitrogens is 4. The van der Waals surface area contributed by atoms with Gasteiger partial charge in [0, 0.05) is 115 Å². The van der Waals surface area contributed by atoms with Crippen molar-refractivity contribution in [1.82, 2.24) is 19.9 Å². The van der Waals surface area contributed by atoms with Crippen LogP contribution in [0.4, 0.5) is 22.7 Å². The molecule has 4 N–H and O–H groups in total. The number of benzene rings is 8. The quantitative estimate of drug-likeness (QED) is 0.0509. The number of thioether (sulfide) groups is 4. The maximum Gasteiger partial charge on any atom is 0.270 e.